The summed E-state index contributed by atoms with van der Waals surface area (Å²) in [5, 5.41) is 19.3. The Morgan fingerprint density at radius 2 is 2.00 bits per heavy atom. The Balaban J connectivity index is 1.51. The number of hydrogen-bond donors (Lipinski definition) is 1. The van der Waals surface area contributed by atoms with Gasteiger partial charge in [-0.05, 0) is 43.3 Å². The van der Waals surface area contributed by atoms with Crippen molar-refractivity contribution in [1.82, 2.24) is 14.5 Å². The summed E-state index contributed by atoms with van der Waals surface area (Å²) in [7, 11) is 0. The van der Waals surface area contributed by atoms with Crippen LogP contribution in [0.4, 0.5) is 13.2 Å². The van der Waals surface area contributed by atoms with E-state index in [-0.39, 0.29) is 45.8 Å². The number of alkyl halides is 3. The summed E-state index contributed by atoms with van der Waals surface area (Å²) in [4.78, 5) is 33.7. The summed E-state index contributed by atoms with van der Waals surface area (Å²) in [5.74, 6) is 1.67. The maximum atomic E-state index is 13.3. The van der Waals surface area contributed by atoms with Gasteiger partial charge >= 0.3 is 12.1 Å². The van der Waals surface area contributed by atoms with Crippen LogP contribution in [0.5, 0.6) is 5.75 Å². The molecule has 8 nitrogen and oxygen atoms in total. The van der Waals surface area contributed by atoms with E-state index in [9.17, 15) is 33.1 Å². The first-order valence-corrected chi connectivity index (χ1v) is 13.2. The van der Waals surface area contributed by atoms with Crippen LogP contribution in [-0.2, 0) is 12.7 Å². The van der Waals surface area contributed by atoms with Crippen molar-refractivity contribution in [2.24, 2.45) is 0 Å². The Kier molecular flexibility index (Phi) is 7.37. The number of thiophene rings is 1. The number of aromatic nitrogens is 3. The lowest BCUT2D eigenvalue weighted by molar-refractivity contribution is -0.137. The lowest BCUT2D eigenvalue weighted by atomic mass is 10.0. The Labute approximate surface area is 244 Å². The van der Waals surface area contributed by atoms with Crippen LogP contribution in [0.3, 0.4) is 0 Å². The molecule has 5 aromatic rings. The molecule has 0 aliphatic heterocycles. The molecule has 1 N–H and O–H groups in total. The number of aromatic carboxylic acids is 1. The van der Waals surface area contributed by atoms with E-state index in [1.54, 1.807) is 30.3 Å². The molecule has 3 heterocycles. The van der Waals surface area contributed by atoms with Gasteiger partial charge in [0.05, 0.1) is 43.7 Å². The maximum Gasteiger partial charge on any atom is 0.416 e. The van der Waals surface area contributed by atoms with Crippen LogP contribution in [0, 0.1) is 30.6 Å². The van der Waals surface area contributed by atoms with Crippen LogP contribution in [0.2, 0.25) is 5.02 Å². The second kappa shape index (κ2) is 10.8. The number of nitriles is 1. The highest BCUT2D eigenvalue weighted by Gasteiger charge is 2.32. The van der Waals surface area contributed by atoms with Crippen LogP contribution < -0.4 is 10.3 Å². The van der Waals surface area contributed by atoms with Gasteiger partial charge in [0.25, 0.3) is 5.56 Å². The van der Waals surface area contributed by atoms with E-state index in [0.29, 0.717) is 32.7 Å². The SMILES string of the molecule is C#Cc1sc2c(-c3cc(Cl)ccc3OCCn3c(C)nc4cc(C(F)(F)F)cc(C#N)c4c3=O)ccnc2c1C(=O)O. The van der Waals surface area contributed by atoms with Gasteiger partial charge in [0, 0.05) is 22.3 Å². The van der Waals surface area contributed by atoms with Crippen molar-refractivity contribution >= 4 is 50.0 Å². The van der Waals surface area contributed by atoms with E-state index in [2.05, 4.69) is 15.9 Å². The van der Waals surface area contributed by atoms with Gasteiger partial charge in [-0.25, -0.2) is 9.78 Å². The van der Waals surface area contributed by atoms with Crippen molar-refractivity contribution in [3.05, 3.63) is 85.4 Å². The largest absolute Gasteiger partial charge is 0.491 e. The van der Waals surface area contributed by atoms with Crippen molar-refractivity contribution in [1.29, 1.82) is 5.26 Å². The first-order valence-electron chi connectivity index (χ1n) is 12.0. The summed E-state index contributed by atoms with van der Waals surface area (Å²) in [6.45, 7) is 1.35. The van der Waals surface area contributed by atoms with Gasteiger partial charge in [-0.3, -0.25) is 14.3 Å². The minimum Gasteiger partial charge on any atom is -0.491 e. The molecule has 0 fully saturated rings. The van der Waals surface area contributed by atoms with E-state index >= 15 is 0 Å². The fourth-order valence-electron chi connectivity index (χ4n) is 4.56. The van der Waals surface area contributed by atoms with Gasteiger partial charge in [0.2, 0.25) is 0 Å². The minimum atomic E-state index is -4.71. The Morgan fingerprint density at radius 1 is 1.24 bits per heavy atom. The van der Waals surface area contributed by atoms with Gasteiger partial charge in [0.1, 0.15) is 29.8 Å². The average molecular weight is 609 g/mol. The monoisotopic (exact) mass is 608 g/mol. The molecule has 13 heteroatoms. The van der Waals surface area contributed by atoms with Crippen molar-refractivity contribution < 1.29 is 27.8 Å². The number of carbonyl (C=O) groups is 1. The first kappa shape index (κ1) is 28.6. The summed E-state index contributed by atoms with van der Waals surface area (Å²) >= 11 is 7.37. The number of nitrogens with zero attached hydrogens (tertiary/aromatic N) is 4. The van der Waals surface area contributed by atoms with Gasteiger partial charge in [0.15, 0.2) is 0 Å². The van der Waals surface area contributed by atoms with E-state index in [0.717, 1.165) is 17.4 Å². The van der Waals surface area contributed by atoms with Gasteiger partial charge in [-0.15, -0.1) is 17.8 Å². The molecule has 2 aromatic carbocycles. The number of halogens is 4. The van der Waals surface area contributed by atoms with Crippen LogP contribution >= 0.6 is 22.9 Å². The third kappa shape index (κ3) is 5.02. The molecule has 210 valence electrons. The zero-order valence-corrected chi connectivity index (χ0v) is 23.0. The smallest absolute Gasteiger partial charge is 0.416 e. The molecule has 0 atom stereocenters. The van der Waals surface area contributed by atoms with Crippen molar-refractivity contribution in [3.8, 4) is 35.3 Å². The molecule has 0 saturated heterocycles. The molecule has 0 unspecified atom stereocenters. The number of terminal acetylenes is 1. The third-order valence-electron chi connectivity index (χ3n) is 6.42. The molecule has 5 rings (SSSR count). The Hall–Kier alpha value is -4.91. The van der Waals surface area contributed by atoms with Crippen LogP contribution in [0.15, 0.2) is 47.4 Å². The van der Waals surface area contributed by atoms with Crippen LogP contribution in [-0.4, -0.2) is 32.2 Å². The quantitative estimate of drug-likeness (QED) is 0.225. The fourth-order valence-corrected chi connectivity index (χ4v) is 5.82. The Morgan fingerprint density at radius 3 is 2.67 bits per heavy atom. The molecular formula is C29H16ClF3N4O4S. The number of fused-ring (bicyclic) bond motifs is 2. The molecule has 0 radical (unpaired) electrons. The molecule has 0 aliphatic carbocycles. The zero-order chi connectivity index (χ0) is 30.3. The van der Waals surface area contributed by atoms with Crippen LogP contribution in [0.25, 0.3) is 32.2 Å². The van der Waals surface area contributed by atoms with Crippen molar-refractivity contribution in [2.75, 3.05) is 6.61 Å². The molecule has 3 aromatic heterocycles. The normalized spacial score (nSPS) is 11.4. The first-order chi connectivity index (χ1) is 19.9. The lowest BCUT2D eigenvalue weighted by Gasteiger charge is -2.16. The number of rotatable bonds is 6. The number of aryl methyl sites for hydroxylation is 1. The minimum absolute atomic E-state index is 0.0449. The highest BCUT2D eigenvalue weighted by molar-refractivity contribution is 7.20. The summed E-state index contributed by atoms with van der Waals surface area (Å²) in [6, 6.07) is 9.54. The summed E-state index contributed by atoms with van der Waals surface area (Å²) in [6.07, 6.45) is 2.28. The molecule has 0 spiro atoms. The van der Waals surface area contributed by atoms with Gasteiger partial charge in [-0.2, -0.15) is 18.4 Å². The Bertz CT molecular complexity index is 2070. The predicted molar refractivity (Wildman–Crippen MR) is 151 cm³/mol. The molecule has 42 heavy (non-hydrogen) atoms. The topological polar surface area (TPSA) is 118 Å². The number of hydrogen-bond acceptors (Lipinski definition) is 7. The highest BCUT2D eigenvalue weighted by atomic mass is 35.5. The number of ether oxygens (including phenoxy) is 1. The lowest BCUT2D eigenvalue weighted by Crippen LogP contribution is -2.27. The van der Waals surface area contributed by atoms with Gasteiger partial charge < -0.3 is 9.84 Å². The second-order valence-corrected chi connectivity index (χ2v) is 10.4. The summed E-state index contributed by atoms with van der Waals surface area (Å²) < 4.78 is 47.6. The molecular weight excluding hydrogens is 593 g/mol. The van der Waals surface area contributed by atoms with E-state index in [4.69, 9.17) is 22.8 Å². The average Bonchev–Trinajstić information content (AvgIpc) is 3.33. The van der Waals surface area contributed by atoms with Crippen molar-refractivity contribution in [3.63, 3.8) is 0 Å². The molecule has 0 amide bonds. The number of carboxylic acid groups (broad SMARTS) is 1. The number of benzene rings is 2. The number of carboxylic acids is 1. The molecule has 0 saturated carbocycles. The molecule has 0 aliphatic rings. The van der Waals surface area contributed by atoms with Crippen molar-refractivity contribution in [2.45, 2.75) is 19.6 Å². The predicted octanol–water partition coefficient (Wildman–Crippen LogP) is 6.28. The molecule has 0 bridgehead atoms. The fraction of sp³-hybridized carbons (Fsp3) is 0.138. The van der Waals surface area contributed by atoms with Crippen LogP contribution in [0.1, 0.15) is 32.2 Å². The summed E-state index contributed by atoms with van der Waals surface area (Å²) in [5.41, 5.74) is -1.19. The standard InChI is InChI=1S/C29H16ClF3N4O4S/c1-3-22-24(28(39)40)25-26(42-22)18(6-7-35-25)19-12-17(30)4-5-21(19)41-9-8-37-14(2)36-20-11-16(29(31,32)33)10-15(13-34)23(20)27(37)38/h1,4-7,10-12H,8-9H2,2H3,(H,39,40). The van der Waals surface area contributed by atoms with Gasteiger partial charge in [-0.1, -0.05) is 17.5 Å². The van der Waals surface area contributed by atoms with E-state index < -0.39 is 28.8 Å². The highest BCUT2D eigenvalue weighted by Crippen LogP contribution is 2.41. The van der Waals surface area contributed by atoms with E-state index in [1.807, 2.05) is 0 Å². The van der Waals surface area contributed by atoms with E-state index in [1.165, 1.54) is 17.7 Å². The third-order valence-corrected chi connectivity index (χ3v) is 7.80. The zero-order valence-electron chi connectivity index (χ0n) is 21.4. The second-order valence-electron chi connectivity index (χ2n) is 8.92. The number of pyridine rings is 1. The maximum absolute atomic E-state index is 13.3.